The van der Waals surface area contributed by atoms with Gasteiger partial charge < -0.3 is 10.1 Å². The first-order chi connectivity index (χ1) is 16.0. The molecule has 0 spiro atoms. The fraction of sp³-hybridized carbons (Fsp3) is 0.308. The Kier molecular flexibility index (Phi) is 5.32. The normalized spacial score (nSPS) is 24.8. The third-order valence-electron chi connectivity index (χ3n) is 6.79. The van der Waals surface area contributed by atoms with Gasteiger partial charge in [-0.2, -0.15) is 0 Å². The van der Waals surface area contributed by atoms with Gasteiger partial charge in [-0.25, -0.2) is 9.69 Å². The number of carbonyl (C=O) groups is 4. The van der Waals surface area contributed by atoms with Crippen molar-refractivity contribution in [3.63, 3.8) is 0 Å². The lowest BCUT2D eigenvalue weighted by molar-refractivity contribution is -0.123. The monoisotopic (exact) mass is 444 g/mol. The van der Waals surface area contributed by atoms with Crippen LogP contribution in [0.5, 0.6) is 0 Å². The molecular formula is C26H24N2O5. The van der Waals surface area contributed by atoms with Crippen LogP contribution in [0.2, 0.25) is 0 Å². The average Bonchev–Trinajstić information content (AvgIpc) is 3.51. The van der Waals surface area contributed by atoms with Gasteiger partial charge in [-0.15, -0.1) is 0 Å². The minimum absolute atomic E-state index is 0.117. The number of allylic oxidation sites excluding steroid dienone is 2. The van der Waals surface area contributed by atoms with E-state index in [1.807, 2.05) is 31.2 Å². The van der Waals surface area contributed by atoms with Crippen LogP contribution in [0.4, 0.5) is 11.4 Å². The Morgan fingerprint density at radius 1 is 1.00 bits per heavy atom. The van der Waals surface area contributed by atoms with Crippen LogP contribution in [-0.2, 0) is 25.5 Å². The molecule has 1 aliphatic heterocycles. The number of nitrogens with zero attached hydrogens (tertiary/aromatic N) is 1. The van der Waals surface area contributed by atoms with Crippen LogP contribution < -0.4 is 10.2 Å². The van der Waals surface area contributed by atoms with Crippen molar-refractivity contribution in [2.75, 3.05) is 16.8 Å². The van der Waals surface area contributed by atoms with E-state index in [-0.39, 0.29) is 41.0 Å². The molecule has 1 N–H and O–H groups in total. The van der Waals surface area contributed by atoms with Crippen LogP contribution in [-0.4, -0.2) is 30.3 Å². The molecule has 2 aromatic carbocycles. The second-order valence-electron chi connectivity index (χ2n) is 8.74. The lowest BCUT2D eigenvalue weighted by Gasteiger charge is -2.18. The molecule has 2 fully saturated rings. The number of benzene rings is 2. The number of imide groups is 1. The first kappa shape index (κ1) is 21.1. The summed E-state index contributed by atoms with van der Waals surface area (Å²) < 4.78 is 5.15. The van der Waals surface area contributed by atoms with E-state index < -0.39 is 18.5 Å². The molecule has 0 aromatic heterocycles. The van der Waals surface area contributed by atoms with Crippen LogP contribution >= 0.6 is 0 Å². The van der Waals surface area contributed by atoms with E-state index in [4.69, 9.17) is 4.74 Å². The number of esters is 1. The van der Waals surface area contributed by atoms with Gasteiger partial charge in [0.25, 0.3) is 5.91 Å². The predicted octanol–water partition coefficient (Wildman–Crippen LogP) is 3.36. The number of nitrogens with one attached hydrogen (secondary N) is 1. The zero-order valence-corrected chi connectivity index (χ0v) is 18.2. The minimum Gasteiger partial charge on any atom is -0.452 e. The Bertz CT molecular complexity index is 1140. The predicted molar refractivity (Wildman–Crippen MR) is 121 cm³/mol. The van der Waals surface area contributed by atoms with Crippen molar-refractivity contribution >= 4 is 35.1 Å². The summed E-state index contributed by atoms with van der Waals surface area (Å²) in [5.41, 5.74) is 2.30. The third-order valence-corrected chi connectivity index (χ3v) is 6.79. The van der Waals surface area contributed by atoms with Crippen LogP contribution in [0.25, 0.3) is 0 Å². The minimum atomic E-state index is -0.700. The van der Waals surface area contributed by atoms with Crippen molar-refractivity contribution in [3.8, 4) is 0 Å². The molecule has 2 bridgehead atoms. The number of anilines is 2. The second kappa shape index (κ2) is 8.31. The van der Waals surface area contributed by atoms with Gasteiger partial charge in [-0.3, -0.25) is 14.4 Å². The van der Waals surface area contributed by atoms with Crippen molar-refractivity contribution in [1.29, 1.82) is 0 Å². The SMILES string of the molecule is CCc1ccc(NC(=O)COC(=O)c2cccc(N3C(=O)[C@H]4[C@H](C3=O)[C@H]3C=C[C@H]4C3)c2)cc1. The first-order valence-corrected chi connectivity index (χ1v) is 11.2. The molecular weight excluding hydrogens is 420 g/mol. The molecule has 4 atom stereocenters. The van der Waals surface area contributed by atoms with E-state index in [0.29, 0.717) is 11.4 Å². The molecule has 0 radical (unpaired) electrons. The Balaban J connectivity index is 1.23. The smallest absolute Gasteiger partial charge is 0.338 e. The Hall–Kier alpha value is -3.74. The van der Waals surface area contributed by atoms with Crippen molar-refractivity contribution in [2.45, 2.75) is 19.8 Å². The molecule has 1 saturated carbocycles. The molecule has 33 heavy (non-hydrogen) atoms. The molecule has 7 nitrogen and oxygen atoms in total. The first-order valence-electron chi connectivity index (χ1n) is 11.2. The summed E-state index contributed by atoms with van der Waals surface area (Å²) in [5, 5.41) is 2.68. The number of hydrogen-bond donors (Lipinski definition) is 1. The quantitative estimate of drug-likeness (QED) is 0.419. The average molecular weight is 444 g/mol. The fourth-order valence-electron chi connectivity index (χ4n) is 5.16. The molecule has 1 heterocycles. The van der Waals surface area contributed by atoms with Gasteiger partial charge in [0.1, 0.15) is 0 Å². The van der Waals surface area contributed by atoms with E-state index in [0.717, 1.165) is 18.4 Å². The number of fused-ring (bicyclic) bond motifs is 5. The number of carbonyl (C=O) groups excluding carboxylic acids is 4. The van der Waals surface area contributed by atoms with Crippen LogP contribution in [0.3, 0.4) is 0 Å². The highest BCUT2D eigenvalue weighted by Crippen LogP contribution is 2.53. The van der Waals surface area contributed by atoms with Gasteiger partial charge in [-0.05, 0) is 60.6 Å². The van der Waals surface area contributed by atoms with Crippen molar-refractivity contribution in [3.05, 3.63) is 71.8 Å². The summed E-state index contributed by atoms with van der Waals surface area (Å²) in [6, 6.07) is 13.7. The molecule has 3 aliphatic rings. The number of amides is 3. The van der Waals surface area contributed by atoms with Crippen molar-refractivity contribution in [2.24, 2.45) is 23.7 Å². The third kappa shape index (κ3) is 3.73. The highest BCUT2D eigenvalue weighted by Gasteiger charge is 2.59. The number of rotatable bonds is 6. The van der Waals surface area contributed by atoms with Crippen molar-refractivity contribution in [1.82, 2.24) is 0 Å². The van der Waals surface area contributed by atoms with E-state index in [1.54, 1.807) is 24.3 Å². The number of hydrogen-bond acceptors (Lipinski definition) is 5. The number of ether oxygens (including phenoxy) is 1. The second-order valence-corrected chi connectivity index (χ2v) is 8.74. The lowest BCUT2D eigenvalue weighted by Crippen LogP contribution is -2.33. The summed E-state index contributed by atoms with van der Waals surface area (Å²) in [6.45, 7) is 1.60. The zero-order valence-electron chi connectivity index (χ0n) is 18.2. The van der Waals surface area contributed by atoms with Gasteiger partial charge >= 0.3 is 5.97 Å². The summed E-state index contributed by atoms with van der Waals surface area (Å²) >= 11 is 0. The maximum Gasteiger partial charge on any atom is 0.338 e. The molecule has 2 aromatic rings. The maximum absolute atomic E-state index is 13.0. The highest BCUT2D eigenvalue weighted by atomic mass is 16.5. The van der Waals surface area contributed by atoms with E-state index >= 15 is 0 Å². The fourth-order valence-corrected chi connectivity index (χ4v) is 5.16. The van der Waals surface area contributed by atoms with Gasteiger partial charge in [-0.1, -0.05) is 37.3 Å². The Labute approximate surface area is 191 Å². The molecule has 5 rings (SSSR count). The van der Waals surface area contributed by atoms with Crippen LogP contribution in [0, 0.1) is 23.7 Å². The molecule has 168 valence electrons. The highest BCUT2D eigenvalue weighted by molar-refractivity contribution is 6.23. The topological polar surface area (TPSA) is 92.8 Å². The zero-order chi connectivity index (χ0) is 23.1. The largest absolute Gasteiger partial charge is 0.452 e. The molecule has 3 amide bonds. The van der Waals surface area contributed by atoms with E-state index in [2.05, 4.69) is 5.32 Å². The standard InChI is InChI=1S/C26H24N2O5/c1-2-15-6-10-19(11-7-15)27-21(29)14-33-26(32)18-4-3-5-20(13-18)28-24(30)22-16-8-9-17(12-16)23(22)25(28)31/h3-11,13,16-17,22-23H,2,12,14H2,1H3,(H,27,29)/t16-,17-,22+,23+/m0/s1. The van der Waals surface area contributed by atoms with Gasteiger partial charge in [0.05, 0.1) is 23.1 Å². The van der Waals surface area contributed by atoms with E-state index in [9.17, 15) is 19.2 Å². The molecule has 2 aliphatic carbocycles. The summed E-state index contributed by atoms with van der Waals surface area (Å²) in [7, 11) is 0. The molecule has 0 unspecified atom stereocenters. The summed E-state index contributed by atoms with van der Waals surface area (Å²) in [6.07, 6.45) is 5.84. The van der Waals surface area contributed by atoms with E-state index in [1.165, 1.54) is 17.0 Å². The Morgan fingerprint density at radius 3 is 2.30 bits per heavy atom. The molecule has 7 heteroatoms. The molecule has 1 saturated heterocycles. The van der Waals surface area contributed by atoms with Crippen LogP contribution in [0.15, 0.2) is 60.7 Å². The maximum atomic E-state index is 13.0. The van der Waals surface area contributed by atoms with Gasteiger partial charge in [0.2, 0.25) is 11.8 Å². The van der Waals surface area contributed by atoms with Crippen LogP contribution in [0.1, 0.15) is 29.3 Å². The van der Waals surface area contributed by atoms with Gasteiger partial charge in [0.15, 0.2) is 6.61 Å². The van der Waals surface area contributed by atoms with Gasteiger partial charge in [0, 0.05) is 5.69 Å². The number of aryl methyl sites for hydroxylation is 1. The summed E-state index contributed by atoms with van der Waals surface area (Å²) in [5.74, 6) is -1.95. The lowest BCUT2D eigenvalue weighted by atomic mass is 9.85. The Morgan fingerprint density at radius 2 is 1.67 bits per heavy atom. The van der Waals surface area contributed by atoms with Crippen molar-refractivity contribution < 1.29 is 23.9 Å². The summed E-state index contributed by atoms with van der Waals surface area (Å²) in [4.78, 5) is 51.9.